The maximum Gasteiger partial charge on any atom is 0.266 e. The van der Waals surface area contributed by atoms with Crippen LogP contribution in [-0.2, 0) is 4.79 Å². The summed E-state index contributed by atoms with van der Waals surface area (Å²) >= 11 is 6.17. The Balaban J connectivity index is 2.40. The minimum absolute atomic E-state index is 0.0132. The molecule has 1 aliphatic heterocycles. The van der Waals surface area contributed by atoms with Gasteiger partial charge in [0, 0.05) is 36.5 Å². The highest BCUT2D eigenvalue weighted by atomic mass is 35.5. The number of carbonyl (C=O) groups is 1. The summed E-state index contributed by atoms with van der Waals surface area (Å²) in [6.45, 7) is 8.58. The van der Waals surface area contributed by atoms with Crippen molar-refractivity contribution in [3.05, 3.63) is 41.5 Å². The Bertz CT molecular complexity index is 525. The first kappa shape index (κ1) is 16.1. The van der Waals surface area contributed by atoms with E-state index in [0.717, 1.165) is 36.2 Å². The average Bonchev–Trinajstić information content (AvgIpc) is 2.53. The van der Waals surface area contributed by atoms with Crippen LogP contribution in [-0.4, -0.2) is 40.9 Å². The smallest absolute Gasteiger partial charge is 0.266 e. The van der Waals surface area contributed by atoms with E-state index in [2.05, 4.69) is 24.0 Å². The van der Waals surface area contributed by atoms with Crippen LogP contribution in [0.5, 0.6) is 0 Å². The van der Waals surface area contributed by atoms with E-state index in [0.29, 0.717) is 6.54 Å². The van der Waals surface area contributed by atoms with Crippen LogP contribution in [0.25, 0.3) is 5.57 Å². The van der Waals surface area contributed by atoms with Crippen LogP contribution < -0.4 is 0 Å². The lowest BCUT2D eigenvalue weighted by Gasteiger charge is -2.31. The minimum atomic E-state index is -0.0660. The number of rotatable bonds is 4. The lowest BCUT2D eigenvalue weighted by atomic mass is 9.92. The highest BCUT2D eigenvalue weighted by molar-refractivity contribution is 6.25. The molecule has 114 valence electrons. The molecule has 1 aromatic carbocycles. The summed E-state index contributed by atoms with van der Waals surface area (Å²) in [5, 5.41) is 0. The Morgan fingerprint density at radius 3 is 2.57 bits per heavy atom. The van der Waals surface area contributed by atoms with Gasteiger partial charge in [0.25, 0.3) is 5.91 Å². The topological polar surface area (TPSA) is 23.6 Å². The molecule has 1 amide bonds. The van der Waals surface area contributed by atoms with Gasteiger partial charge in [-0.3, -0.25) is 9.69 Å². The summed E-state index contributed by atoms with van der Waals surface area (Å²) < 4.78 is 1.32. The van der Waals surface area contributed by atoms with E-state index in [-0.39, 0.29) is 11.9 Å². The van der Waals surface area contributed by atoms with E-state index in [1.165, 1.54) is 4.42 Å². The van der Waals surface area contributed by atoms with Gasteiger partial charge in [-0.15, -0.1) is 0 Å². The molecule has 1 aliphatic rings. The summed E-state index contributed by atoms with van der Waals surface area (Å²) in [5.41, 5.74) is 3.10. The number of hydrogen-bond acceptors (Lipinski definition) is 2. The van der Waals surface area contributed by atoms with Crippen LogP contribution in [0.3, 0.4) is 0 Å². The van der Waals surface area contributed by atoms with Crippen molar-refractivity contribution in [2.45, 2.75) is 33.2 Å². The number of likely N-dealkylation sites (N-methyl/N-ethyl adjacent to an activating group) is 1. The Labute approximate surface area is 132 Å². The summed E-state index contributed by atoms with van der Waals surface area (Å²) in [6.07, 6.45) is 0.891. The molecule has 0 aromatic heterocycles. The van der Waals surface area contributed by atoms with Crippen molar-refractivity contribution in [2.75, 3.05) is 19.6 Å². The zero-order valence-corrected chi connectivity index (χ0v) is 13.7. The average molecular weight is 307 g/mol. The summed E-state index contributed by atoms with van der Waals surface area (Å²) in [4.78, 5) is 15.0. The van der Waals surface area contributed by atoms with E-state index < -0.39 is 0 Å². The van der Waals surface area contributed by atoms with Gasteiger partial charge in [0.15, 0.2) is 0 Å². The van der Waals surface area contributed by atoms with Gasteiger partial charge in [-0.25, -0.2) is 4.42 Å². The molecule has 2 rings (SSSR count). The van der Waals surface area contributed by atoms with Gasteiger partial charge >= 0.3 is 0 Å². The lowest BCUT2D eigenvalue weighted by Crippen LogP contribution is -2.38. The van der Waals surface area contributed by atoms with Crippen LogP contribution in [0.4, 0.5) is 0 Å². The summed E-state index contributed by atoms with van der Waals surface area (Å²) in [5.74, 6) is -0.0660. The van der Waals surface area contributed by atoms with Crippen LogP contribution in [0.2, 0.25) is 0 Å². The van der Waals surface area contributed by atoms with Gasteiger partial charge in [0.2, 0.25) is 0 Å². The van der Waals surface area contributed by atoms with Crippen molar-refractivity contribution < 1.29 is 4.79 Å². The molecule has 0 spiro atoms. The Morgan fingerprint density at radius 2 is 2.00 bits per heavy atom. The van der Waals surface area contributed by atoms with E-state index in [9.17, 15) is 4.79 Å². The maximum absolute atomic E-state index is 12.7. The molecule has 21 heavy (non-hydrogen) atoms. The normalized spacial score (nSPS) is 16.4. The molecule has 4 heteroatoms. The maximum atomic E-state index is 12.7. The van der Waals surface area contributed by atoms with Gasteiger partial charge in [-0.05, 0) is 37.9 Å². The van der Waals surface area contributed by atoms with Crippen LogP contribution >= 0.6 is 11.8 Å². The molecular weight excluding hydrogens is 284 g/mol. The van der Waals surface area contributed by atoms with Gasteiger partial charge < -0.3 is 0 Å². The molecule has 0 saturated heterocycles. The highest BCUT2D eigenvalue weighted by Gasteiger charge is 2.27. The number of benzene rings is 1. The van der Waals surface area contributed by atoms with Crippen molar-refractivity contribution in [1.82, 2.24) is 9.32 Å². The van der Waals surface area contributed by atoms with Crippen LogP contribution in [0.1, 0.15) is 32.8 Å². The van der Waals surface area contributed by atoms with Gasteiger partial charge in [-0.1, -0.05) is 37.3 Å². The first-order valence-electron chi connectivity index (χ1n) is 7.53. The van der Waals surface area contributed by atoms with E-state index in [1.807, 2.05) is 32.0 Å². The van der Waals surface area contributed by atoms with E-state index in [4.69, 9.17) is 11.8 Å². The Morgan fingerprint density at radius 1 is 1.33 bits per heavy atom. The molecule has 0 bridgehead atoms. The molecule has 0 atom stereocenters. The Hall–Kier alpha value is -1.32. The molecule has 3 nitrogen and oxygen atoms in total. The lowest BCUT2D eigenvalue weighted by molar-refractivity contribution is -0.124. The number of carbonyl (C=O) groups excluding carboxylic acids is 1. The largest absolute Gasteiger partial charge is 0.299 e. The fraction of sp³-hybridized carbons (Fsp3) is 0.471. The molecule has 0 unspecified atom stereocenters. The molecule has 1 heterocycles. The molecule has 0 N–H and O–H groups in total. The van der Waals surface area contributed by atoms with E-state index >= 15 is 0 Å². The van der Waals surface area contributed by atoms with Crippen molar-refractivity contribution in [1.29, 1.82) is 0 Å². The predicted molar refractivity (Wildman–Crippen MR) is 87.9 cm³/mol. The van der Waals surface area contributed by atoms with Crippen molar-refractivity contribution in [3.8, 4) is 0 Å². The fourth-order valence-electron chi connectivity index (χ4n) is 2.61. The van der Waals surface area contributed by atoms with Crippen molar-refractivity contribution >= 4 is 23.3 Å². The van der Waals surface area contributed by atoms with Gasteiger partial charge in [0.05, 0.1) is 0 Å². The quantitative estimate of drug-likeness (QED) is 0.794. The second-order valence-electron chi connectivity index (χ2n) is 5.65. The molecule has 0 aliphatic carbocycles. The standard InChI is InChI=1S/C17H23ClN2O/c1-4-19-11-10-15(14-8-6-5-7-9-14)16(12-19)17(21)20(18)13(2)3/h5-9,13H,4,10-12H2,1-3H3. The fourth-order valence-corrected chi connectivity index (χ4v) is 2.71. The summed E-state index contributed by atoms with van der Waals surface area (Å²) in [6, 6.07) is 10.1. The van der Waals surface area contributed by atoms with Gasteiger partial charge in [-0.2, -0.15) is 0 Å². The van der Waals surface area contributed by atoms with Crippen LogP contribution in [0.15, 0.2) is 35.9 Å². The zero-order chi connectivity index (χ0) is 15.4. The molecular formula is C17H23ClN2O. The predicted octanol–water partition coefficient (Wildman–Crippen LogP) is 3.56. The van der Waals surface area contributed by atoms with Crippen molar-refractivity contribution in [2.24, 2.45) is 0 Å². The van der Waals surface area contributed by atoms with Crippen LogP contribution in [0, 0.1) is 0 Å². The molecule has 0 radical (unpaired) electrons. The zero-order valence-electron chi connectivity index (χ0n) is 13.0. The SMILES string of the molecule is CCN1CCC(c2ccccc2)=C(C(=O)N(Cl)C(C)C)C1. The second-order valence-corrected chi connectivity index (χ2v) is 6.02. The Kier molecular flexibility index (Phi) is 5.43. The summed E-state index contributed by atoms with van der Waals surface area (Å²) in [7, 11) is 0. The molecule has 0 saturated carbocycles. The molecule has 0 fully saturated rings. The monoisotopic (exact) mass is 306 g/mol. The highest BCUT2D eigenvalue weighted by Crippen LogP contribution is 2.29. The number of amides is 1. The number of nitrogens with zero attached hydrogens (tertiary/aromatic N) is 2. The number of hydrogen-bond donors (Lipinski definition) is 0. The third-order valence-electron chi connectivity index (χ3n) is 3.90. The second kappa shape index (κ2) is 7.10. The number of halogens is 1. The first-order chi connectivity index (χ1) is 10.0. The molecule has 1 aromatic rings. The van der Waals surface area contributed by atoms with E-state index in [1.54, 1.807) is 0 Å². The first-order valence-corrected chi connectivity index (χ1v) is 7.87. The minimum Gasteiger partial charge on any atom is -0.299 e. The van der Waals surface area contributed by atoms with Gasteiger partial charge in [0.1, 0.15) is 0 Å². The van der Waals surface area contributed by atoms with Crippen molar-refractivity contribution in [3.63, 3.8) is 0 Å². The third-order valence-corrected chi connectivity index (χ3v) is 4.44. The third kappa shape index (κ3) is 3.66.